The van der Waals surface area contributed by atoms with Crippen LogP contribution in [-0.4, -0.2) is 54.2 Å². The highest BCUT2D eigenvalue weighted by atomic mass is 32.1. The number of rotatable bonds is 5. The molecule has 0 aliphatic carbocycles. The van der Waals surface area contributed by atoms with E-state index >= 15 is 0 Å². The molecule has 0 unspecified atom stereocenters. The van der Waals surface area contributed by atoms with E-state index in [0.29, 0.717) is 17.1 Å². The number of nitrogens with one attached hydrogen (secondary N) is 1. The van der Waals surface area contributed by atoms with Crippen LogP contribution in [0.2, 0.25) is 0 Å². The summed E-state index contributed by atoms with van der Waals surface area (Å²) in [5, 5.41) is 3.76. The first kappa shape index (κ1) is 18.9. The van der Waals surface area contributed by atoms with Crippen LogP contribution in [0.1, 0.15) is 29.2 Å². The second-order valence-corrected chi connectivity index (χ2v) is 8.03. The molecule has 1 aromatic heterocycles. The molecule has 7 heteroatoms. The number of carbonyl (C=O) groups excluding carboxylic acids is 1. The number of benzene rings is 1. The summed E-state index contributed by atoms with van der Waals surface area (Å²) in [6.45, 7) is 9.83. The zero-order chi connectivity index (χ0) is 18.7. The first-order valence-corrected chi connectivity index (χ1v) is 9.53. The molecule has 140 valence electrons. The molecule has 3 rings (SSSR count). The topological polar surface area (TPSA) is 54.5 Å². The fourth-order valence-corrected chi connectivity index (χ4v) is 3.97. The normalized spacial score (nSPS) is 15.8. The number of aromatic nitrogens is 1. The smallest absolute Gasteiger partial charge is 0.263 e. The molecule has 26 heavy (non-hydrogen) atoms. The Balaban J connectivity index is 1.67. The van der Waals surface area contributed by atoms with Crippen molar-refractivity contribution >= 4 is 17.2 Å². The van der Waals surface area contributed by atoms with Crippen LogP contribution in [0, 0.1) is 12.7 Å². The van der Waals surface area contributed by atoms with E-state index in [4.69, 9.17) is 4.74 Å². The maximum Gasteiger partial charge on any atom is 0.263 e. The molecule has 1 aliphatic heterocycles. The van der Waals surface area contributed by atoms with Gasteiger partial charge in [-0.05, 0) is 45.0 Å². The minimum atomic E-state index is -0.287. The van der Waals surface area contributed by atoms with Gasteiger partial charge in [-0.1, -0.05) is 0 Å². The summed E-state index contributed by atoms with van der Waals surface area (Å²) in [6.07, 6.45) is 0. The lowest BCUT2D eigenvalue weighted by molar-refractivity contribution is -0.00922. The zero-order valence-electron chi connectivity index (χ0n) is 15.3. The molecular formula is C19H24FN3O2S. The molecule has 1 saturated heterocycles. The summed E-state index contributed by atoms with van der Waals surface area (Å²) in [7, 11) is 0. The summed E-state index contributed by atoms with van der Waals surface area (Å²) in [5.74, 6) is -0.403. The number of thiazole rings is 1. The van der Waals surface area contributed by atoms with Crippen molar-refractivity contribution in [3.8, 4) is 10.6 Å². The van der Waals surface area contributed by atoms with Crippen molar-refractivity contribution in [2.24, 2.45) is 0 Å². The largest absolute Gasteiger partial charge is 0.379 e. The Kier molecular flexibility index (Phi) is 5.70. The van der Waals surface area contributed by atoms with E-state index in [1.165, 1.54) is 23.5 Å². The van der Waals surface area contributed by atoms with E-state index in [1.807, 2.05) is 6.92 Å². The van der Waals surface area contributed by atoms with Gasteiger partial charge in [0.1, 0.15) is 15.7 Å². The number of halogens is 1. The van der Waals surface area contributed by atoms with E-state index in [-0.39, 0.29) is 17.3 Å². The number of morpholine rings is 1. The van der Waals surface area contributed by atoms with Crippen LogP contribution in [0.5, 0.6) is 0 Å². The molecular weight excluding hydrogens is 353 g/mol. The lowest BCUT2D eigenvalue weighted by atomic mass is 10.0. The van der Waals surface area contributed by atoms with Gasteiger partial charge in [0.2, 0.25) is 0 Å². The molecule has 0 bridgehead atoms. The Morgan fingerprint density at radius 2 is 1.96 bits per heavy atom. The monoisotopic (exact) mass is 377 g/mol. The highest BCUT2D eigenvalue weighted by Crippen LogP contribution is 2.28. The van der Waals surface area contributed by atoms with Crippen LogP contribution >= 0.6 is 11.3 Å². The Labute approximate surface area is 157 Å². The molecule has 1 amide bonds. The standard InChI is InChI=1S/C19H24FN3O2S/c1-13-16(26-18(22-13)14-4-6-15(20)7-5-14)17(24)21-12-19(2,3)23-8-10-25-11-9-23/h4-7H,8-12H2,1-3H3,(H,21,24). The van der Waals surface area contributed by atoms with Gasteiger partial charge in [0, 0.05) is 30.7 Å². The number of hydrogen-bond acceptors (Lipinski definition) is 5. The van der Waals surface area contributed by atoms with Gasteiger partial charge in [0.05, 0.1) is 18.9 Å². The van der Waals surface area contributed by atoms with Crippen LogP contribution in [0.25, 0.3) is 10.6 Å². The van der Waals surface area contributed by atoms with Crippen LogP contribution in [0.4, 0.5) is 4.39 Å². The summed E-state index contributed by atoms with van der Waals surface area (Å²) >= 11 is 1.33. The molecule has 1 N–H and O–H groups in total. The van der Waals surface area contributed by atoms with Gasteiger partial charge in [0.25, 0.3) is 5.91 Å². The highest BCUT2D eigenvalue weighted by Gasteiger charge is 2.29. The van der Waals surface area contributed by atoms with Crippen LogP contribution < -0.4 is 5.32 Å². The predicted octanol–water partition coefficient (Wildman–Crippen LogP) is 3.10. The lowest BCUT2D eigenvalue weighted by Crippen LogP contribution is -2.55. The van der Waals surface area contributed by atoms with E-state index in [1.54, 1.807) is 12.1 Å². The molecule has 0 spiro atoms. The molecule has 0 saturated carbocycles. The van der Waals surface area contributed by atoms with Crippen LogP contribution in [0.15, 0.2) is 24.3 Å². The number of carbonyl (C=O) groups is 1. The SMILES string of the molecule is Cc1nc(-c2ccc(F)cc2)sc1C(=O)NCC(C)(C)N1CCOCC1. The van der Waals surface area contributed by atoms with Gasteiger partial charge >= 0.3 is 0 Å². The van der Waals surface area contributed by atoms with Crippen molar-refractivity contribution in [3.63, 3.8) is 0 Å². The molecule has 1 aromatic carbocycles. The molecule has 2 aromatic rings. The minimum absolute atomic E-state index is 0.116. The number of ether oxygens (including phenoxy) is 1. The minimum Gasteiger partial charge on any atom is -0.379 e. The van der Waals surface area contributed by atoms with E-state index in [2.05, 4.69) is 29.0 Å². The zero-order valence-corrected chi connectivity index (χ0v) is 16.2. The molecule has 1 fully saturated rings. The maximum absolute atomic E-state index is 13.1. The third-order valence-corrected chi connectivity index (χ3v) is 5.85. The molecule has 0 atom stereocenters. The van der Waals surface area contributed by atoms with Gasteiger partial charge in [-0.3, -0.25) is 9.69 Å². The fraction of sp³-hybridized carbons (Fsp3) is 0.474. The number of hydrogen-bond donors (Lipinski definition) is 1. The van der Waals surface area contributed by atoms with Crippen molar-refractivity contribution in [1.82, 2.24) is 15.2 Å². The Morgan fingerprint density at radius 3 is 2.62 bits per heavy atom. The van der Waals surface area contributed by atoms with Crippen molar-refractivity contribution < 1.29 is 13.9 Å². The first-order chi connectivity index (χ1) is 12.4. The molecule has 5 nitrogen and oxygen atoms in total. The molecule has 0 radical (unpaired) electrons. The van der Waals surface area contributed by atoms with Gasteiger partial charge in [0.15, 0.2) is 0 Å². The van der Waals surface area contributed by atoms with Crippen molar-refractivity contribution in [2.45, 2.75) is 26.3 Å². The Hall–Kier alpha value is -1.83. The summed E-state index contributed by atoms with van der Waals surface area (Å²) < 4.78 is 18.5. The Bertz CT molecular complexity index is 768. The van der Waals surface area contributed by atoms with E-state index < -0.39 is 0 Å². The first-order valence-electron chi connectivity index (χ1n) is 8.71. The van der Waals surface area contributed by atoms with E-state index in [0.717, 1.165) is 36.9 Å². The van der Waals surface area contributed by atoms with Gasteiger partial charge in [-0.2, -0.15) is 0 Å². The number of aryl methyl sites for hydroxylation is 1. The van der Waals surface area contributed by atoms with Crippen LogP contribution in [0.3, 0.4) is 0 Å². The quantitative estimate of drug-likeness (QED) is 0.870. The Morgan fingerprint density at radius 1 is 1.31 bits per heavy atom. The van der Waals surface area contributed by atoms with Crippen LogP contribution in [-0.2, 0) is 4.74 Å². The van der Waals surface area contributed by atoms with Gasteiger partial charge < -0.3 is 10.1 Å². The third-order valence-electron chi connectivity index (χ3n) is 4.64. The number of nitrogens with zero attached hydrogens (tertiary/aromatic N) is 2. The summed E-state index contributed by atoms with van der Waals surface area (Å²) in [5.41, 5.74) is 1.36. The third kappa shape index (κ3) is 4.28. The highest BCUT2D eigenvalue weighted by molar-refractivity contribution is 7.17. The summed E-state index contributed by atoms with van der Waals surface area (Å²) in [6, 6.07) is 6.15. The van der Waals surface area contributed by atoms with E-state index in [9.17, 15) is 9.18 Å². The second kappa shape index (κ2) is 7.82. The molecule has 2 heterocycles. The second-order valence-electron chi connectivity index (χ2n) is 7.03. The maximum atomic E-state index is 13.1. The van der Waals surface area contributed by atoms with Crippen molar-refractivity contribution in [1.29, 1.82) is 0 Å². The average Bonchev–Trinajstić information content (AvgIpc) is 3.03. The number of amides is 1. The lowest BCUT2D eigenvalue weighted by Gasteiger charge is -2.40. The fourth-order valence-electron chi connectivity index (χ4n) is 2.98. The van der Waals surface area contributed by atoms with Crippen molar-refractivity contribution in [2.75, 3.05) is 32.8 Å². The van der Waals surface area contributed by atoms with Crippen molar-refractivity contribution in [3.05, 3.63) is 40.7 Å². The predicted molar refractivity (Wildman–Crippen MR) is 101 cm³/mol. The van der Waals surface area contributed by atoms with Gasteiger partial charge in [-0.25, -0.2) is 9.37 Å². The molecule has 1 aliphatic rings. The summed E-state index contributed by atoms with van der Waals surface area (Å²) in [4.78, 5) is 20.1. The van der Waals surface area contributed by atoms with Gasteiger partial charge in [-0.15, -0.1) is 11.3 Å². The average molecular weight is 377 g/mol.